The van der Waals surface area contributed by atoms with Crippen LogP contribution in [0.3, 0.4) is 0 Å². The highest BCUT2D eigenvalue weighted by atomic mass is 127. The molecule has 8 aromatic carbocycles. The molecule has 78 heavy (non-hydrogen) atoms. The lowest BCUT2D eigenvalue weighted by atomic mass is 9.79. The second kappa shape index (κ2) is 23.0. The van der Waals surface area contributed by atoms with Gasteiger partial charge in [0.1, 0.15) is 0 Å². The van der Waals surface area contributed by atoms with Crippen molar-refractivity contribution in [2.75, 3.05) is 14.2 Å². The lowest BCUT2D eigenvalue weighted by Crippen LogP contribution is -2.14. The number of hydrogen-bond acceptors (Lipinski definition) is 4. The molecule has 0 amide bonds. The molecule has 0 N–H and O–H groups in total. The largest absolute Gasteiger partial charge is 0.465 e. The van der Waals surface area contributed by atoms with Crippen molar-refractivity contribution in [3.05, 3.63) is 205 Å². The number of methoxy groups -OCH3 is 2. The van der Waals surface area contributed by atoms with Crippen molar-refractivity contribution in [1.82, 2.24) is 0 Å². The molecule has 0 bridgehead atoms. The third kappa shape index (κ3) is 10.8. The Morgan fingerprint density at radius 1 is 0.321 bits per heavy atom. The van der Waals surface area contributed by atoms with Crippen LogP contribution in [0.1, 0.15) is 65.2 Å². The summed E-state index contributed by atoms with van der Waals surface area (Å²) in [4.78, 5) is 26.8. The van der Waals surface area contributed by atoms with Crippen LogP contribution >= 0.6 is 45.2 Å². The summed E-state index contributed by atoms with van der Waals surface area (Å²) in [6.45, 7) is 14.1. The number of carbonyl (C=O) groups excluding carboxylic acids is 2. The third-order valence-electron chi connectivity index (χ3n) is 13.7. The van der Waals surface area contributed by atoms with Crippen LogP contribution in [0.2, 0.25) is 0 Å². The molecule has 0 spiro atoms. The van der Waals surface area contributed by atoms with E-state index in [2.05, 4.69) is 45.2 Å². The van der Waals surface area contributed by atoms with Gasteiger partial charge in [0.15, 0.2) is 69.8 Å². The molecule has 4 nitrogen and oxygen atoms in total. The summed E-state index contributed by atoms with van der Waals surface area (Å²) in [5.74, 6) is -19.5. The van der Waals surface area contributed by atoms with Crippen LogP contribution in [0.5, 0.6) is 0 Å². The SMILES string of the molecule is COC(=O)c1c(-c2cc(F)c(F)c(F)c2)cc(C)c(C)c1-c1c(C)c(C)cc(-c2cc(F)c(F)c(F)c2)c1C(=O)OC.Cc1cc(-c2cc(F)c(F)c(F)c2)c(I)c(-c2c(C)c(C)cc(-c3cc(F)c(F)c(F)c3)c2I)c1C. The van der Waals surface area contributed by atoms with E-state index in [4.69, 9.17) is 9.47 Å². The Bertz CT molecular complexity index is 3520. The average Bonchev–Trinajstić information content (AvgIpc) is 3.44. The van der Waals surface area contributed by atoms with Gasteiger partial charge in [-0.2, -0.15) is 0 Å². The number of halogens is 14. The number of esters is 2. The molecule has 8 aromatic rings. The van der Waals surface area contributed by atoms with Crippen LogP contribution in [0.4, 0.5) is 52.7 Å². The molecule has 8 rings (SSSR count). The minimum atomic E-state index is -1.70. The Labute approximate surface area is 467 Å². The highest BCUT2D eigenvalue weighted by molar-refractivity contribution is 14.1. The zero-order valence-corrected chi connectivity index (χ0v) is 47.2. The maximum atomic E-state index is 14.3. The Morgan fingerprint density at radius 2 is 0.513 bits per heavy atom. The van der Waals surface area contributed by atoms with Gasteiger partial charge in [0.2, 0.25) is 0 Å². The number of ether oxygens (including phenoxy) is 2. The molecule has 0 saturated heterocycles. The van der Waals surface area contributed by atoms with Crippen molar-refractivity contribution in [3.63, 3.8) is 0 Å². The van der Waals surface area contributed by atoms with Crippen LogP contribution in [0.25, 0.3) is 66.8 Å². The Morgan fingerprint density at radius 3 is 0.731 bits per heavy atom. The van der Waals surface area contributed by atoms with Gasteiger partial charge < -0.3 is 9.47 Å². The topological polar surface area (TPSA) is 52.6 Å². The fourth-order valence-corrected chi connectivity index (χ4v) is 11.5. The van der Waals surface area contributed by atoms with Crippen LogP contribution in [0, 0.1) is 132 Å². The molecule has 0 aliphatic heterocycles. The molecule has 0 fully saturated rings. The van der Waals surface area contributed by atoms with Gasteiger partial charge in [-0.1, -0.05) is 24.3 Å². The van der Waals surface area contributed by atoms with E-state index in [1.165, 1.54) is 12.1 Å². The molecule has 0 unspecified atom stereocenters. The molecule has 404 valence electrons. The molecular formula is C60H42F12I2O4. The second-order valence-corrected chi connectivity index (χ2v) is 20.5. The van der Waals surface area contributed by atoms with Gasteiger partial charge in [0.25, 0.3) is 0 Å². The quantitative estimate of drug-likeness (QED) is 0.0658. The first-order valence-electron chi connectivity index (χ1n) is 23.2. The first-order chi connectivity index (χ1) is 36.6. The average molecular weight is 1310 g/mol. The highest BCUT2D eigenvalue weighted by Gasteiger charge is 2.32. The lowest BCUT2D eigenvalue weighted by molar-refractivity contribution is 0.0590. The van der Waals surface area contributed by atoms with Gasteiger partial charge in [-0.3, -0.25) is 0 Å². The first kappa shape index (κ1) is 59.0. The fraction of sp³-hybridized carbons (Fsp3) is 0.167. The fourth-order valence-electron chi connectivity index (χ4n) is 9.17. The smallest absolute Gasteiger partial charge is 0.339 e. The Balaban J connectivity index is 0.000000229. The summed E-state index contributed by atoms with van der Waals surface area (Å²) in [6, 6.07) is 13.2. The lowest BCUT2D eigenvalue weighted by Gasteiger charge is -2.24. The van der Waals surface area contributed by atoms with E-state index in [1.807, 2.05) is 27.7 Å². The number of aryl methyl sites for hydroxylation is 4. The molecule has 0 aromatic heterocycles. The summed E-state index contributed by atoms with van der Waals surface area (Å²) in [5, 5.41) is 0. The first-order valence-corrected chi connectivity index (χ1v) is 25.4. The van der Waals surface area contributed by atoms with Gasteiger partial charge >= 0.3 is 11.9 Å². The van der Waals surface area contributed by atoms with Gasteiger partial charge in [-0.15, -0.1) is 0 Å². The van der Waals surface area contributed by atoms with E-state index in [0.29, 0.717) is 40.5 Å². The molecule has 0 aliphatic rings. The predicted octanol–water partition coefficient (Wildman–Crippen LogP) is 18.3. The zero-order valence-electron chi connectivity index (χ0n) is 42.9. The standard InChI is InChI=1S/C32H24F6O4.C28H18F6I2/c1-13-7-19(17-9-21(33)29(37)22(34)10-17)27(31(39)41-5)25(15(13)3)26-16(4)14(2)8-20(28(26)32(40)42-6)18-11-23(35)30(38)24(36)12-18;1-11-5-17(15-7-19(29)25(33)20(30)8-15)27(35)23(13(11)3)24-14(4)12(2)6-18(28(24)36)16-9-21(31)26(34)22(32)10-16/h7-12H,1-6H3;5-10H,1-4H3. The van der Waals surface area contributed by atoms with E-state index in [0.717, 1.165) is 96.1 Å². The van der Waals surface area contributed by atoms with Crippen molar-refractivity contribution in [2.45, 2.75) is 55.4 Å². The van der Waals surface area contributed by atoms with Crippen LogP contribution in [-0.4, -0.2) is 26.2 Å². The molecule has 0 radical (unpaired) electrons. The minimum Gasteiger partial charge on any atom is -0.465 e. The van der Waals surface area contributed by atoms with Gasteiger partial charge in [0.05, 0.1) is 25.3 Å². The number of hydrogen-bond donors (Lipinski definition) is 0. The van der Waals surface area contributed by atoms with E-state index in [9.17, 15) is 62.3 Å². The zero-order chi connectivity index (χ0) is 57.8. The molecule has 0 heterocycles. The maximum absolute atomic E-state index is 14.3. The molecule has 18 heteroatoms. The maximum Gasteiger partial charge on any atom is 0.339 e. The van der Waals surface area contributed by atoms with Crippen molar-refractivity contribution in [1.29, 1.82) is 0 Å². The monoisotopic (exact) mass is 1310 g/mol. The summed E-state index contributed by atoms with van der Waals surface area (Å²) in [6.07, 6.45) is 0. The van der Waals surface area contributed by atoms with Crippen molar-refractivity contribution < 1.29 is 71.7 Å². The van der Waals surface area contributed by atoms with Gasteiger partial charge in [-0.05, 0) is 238 Å². The van der Waals surface area contributed by atoms with Crippen molar-refractivity contribution in [3.8, 4) is 66.8 Å². The summed E-state index contributed by atoms with van der Waals surface area (Å²) in [5.41, 5.74) is 7.69. The molecule has 0 atom stereocenters. The molecule has 0 aliphatic carbocycles. The number of benzene rings is 8. The Kier molecular flexibility index (Phi) is 17.4. The van der Waals surface area contributed by atoms with Crippen molar-refractivity contribution in [2.24, 2.45) is 0 Å². The van der Waals surface area contributed by atoms with E-state index >= 15 is 0 Å². The predicted molar refractivity (Wildman–Crippen MR) is 291 cm³/mol. The number of rotatable bonds is 8. The summed E-state index contributed by atoms with van der Waals surface area (Å²) >= 11 is 4.19. The summed E-state index contributed by atoms with van der Waals surface area (Å²) in [7, 11) is 2.16. The van der Waals surface area contributed by atoms with E-state index < -0.39 is 81.7 Å². The molecule has 0 saturated carbocycles. The van der Waals surface area contributed by atoms with Crippen LogP contribution in [-0.2, 0) is 9.47 Å². The van der Waals surface area contributed by atoms with Gasteiger partial charge in [-0.25, -0.2) is 62.3 Å². The minimum absolute atomic E-state index is 0.0325. The summed E-state index contributed by atoms with van der Waals surface area (Å²) < 4.78 is 180. The third-order valence-corrected chi connectivity index (χ3v) is 16.0. The molecular weight excluding hydrogens is 1270 g/mol. The van der Waals surface area contributed by atoms with Gasteiger partial charge in [0, 0.05) is 29.4 Å². The van der Waals surface area contributed by atoms with E-state index in [1.54, 1.807) is 39.8 Å². The van der Waals surface area contributed by atoms with Crippen molar-refractivity contribution >= 4 is 57.1 Å². The van der Waals surface area contributed by atoms with Crippen LogP contribution < -0.4 is 0 Å². The number of carbonyl (C=O) groups is 2. The van der Waals surface area contributed by atoms with E-state index in [-0.39, 0.29) is 55.6 Å². The normalized spacial score (nSPS) is 11.2. The van der Waals surface area contributed by atoms with Crippen LogP contribution in [0.15, 0.2) is 72.8 Å². The Hall–Kier alpha value is -6.68. The highest BCUT2D eigenvalue weighted by Crippen LogP contribution is 2.47. The second-order valence-electron chi connectivity index (χ2n) is 18.3.